The van der Waals surface area contributed by atoms with Crippen molar-refractivity contribution in [2.24, 2.45) is 0 Å². The summed E-state index contributed by atoms with van der Waals surface area (Å²) in [6.45, 7) is 8.49. The van der Waals surface area contributed by atoms with Crippen molar-refractivity contribution in [1.82, 2.24) is 4.90 Å². The van der Waals surface area contributed by atoms with Crippen molar-refractivity contribution in [3.8, 4) is 0 Å². The van der Waals surface area contributed by atoms with Crippen LogP contribution in [0.3, 0.4) is 0 Å². The van der Waals surface area contributed by atoms with Gasteiger partial charge in [-0.3, -0.25) is 0 Å². The highest BCUT2D eigenvalue weighted by Gasteiger charge is 2.34. The minimum absolute atomic E-state index is 0.164. The monoisotopic (exact) mass is 277 g/mol. The number of hydrogen-bond acceptors (Lipinski definition) is 5. The quantitative estimate of drug-likeness (QED) is 0.742. The van der Waals surface area contributed by atoms with Gasteiger partial charge >= 0.3 is 6.09 Å². The van der Waals surface area contributed by atoms with E-state index in [1.54, 1.807) is 34.6 Å². The van der Waals surface area contributed by atoms with Crippen LogP contribution in [0.2, 0.25) is 0 Å². The summed E-state index contributed by atoms with van der Waals surface area (Å²) in [4.78, 5) is 13.2. The molecule has 0 aromatic heterocycles. The van der Waals surface area contributed by atoms with Gasteiger partial charge in [-0.2, -0.15) is 0 Å². The summed E-state index contributed by atoms with van der Waals surface area (Å²) in [6.07, 6.45) is -1.60. The zero-order chi connectivity index (χ0) is 15.4. The van der Waals surface area contributed by atoms with Gasteiger partial charge in [-0.15, -0.1) is 0 Å². The van der Waals surface area contributed by atoms with Crippen LogP contribution in [0.4, 0.5) is 4.79 Å². The summed E-state index contributed by atoms with van der Waals surface area (Å²) < 4.78 is 10.1. The van der Waals surface area contributed by atoms with E-state index in [0.29, 0.717) is 0 Å². The fourth-order valence-corrected chi connectivity index (χ4v) is 1.57. The maximum atomic E-state index is 12.0. The standard InChI is InChI=1S/C13H27NO5/c1-12(2,3)19-11(16)14(6)9(10(15)18-7)8-13(4,5)17/h9-10,15,17H,8H2,1-7H3/t9-,10?/m0/s1. The van der Waals surface area contributed by atoms with E-state index in [4.69, 9.17) is 9.47 Å². The number of rotatable bonds is 5. The van der Waals surface area contributed by atoms with E-state index in [9.17, 15) is 15.0 Å². The van der Waals surface area contributed by atoms with Crippen LogP contribution in [0.1, 0.15) is 41.0 Å². The molecule has 0 aliphatic rings. The maximum Gasteiger partial charge on any atom is 0.410 e. The first kappa shape index (κ1) is 18.1. The minimum Gasteiger partial charge on any atom is -0.444 e. The van der Waals surface area contributed by atoms with Crippen LogP contribution in [0.5, 0.6) is 0 Å². The van der Waals surface area contributed by atoms with Crippen LogP contribution in [-0.4, -0.2) is 58.9 Å². The van der Waals surface area contributed by atoms with E-state index < -0.39 is 29.6 Å². The number of hydrogen-bond donors (Lipinski definition) is 2. The van der Waals surface area contributed by atoms with Gasteiger partial charge in [-0.05, 0) is 34.6 Å². The molecular weight excluding hydrogens is 250 g/mol. The van der Waals surface area contributed by atoms with E-state index in [0.717, 1.165) is 0 Å². The maximum absolute atomic E-state index is 12.0. The van der Waals surface area contributed by atoms with Crippen molar-refractivity contribution in [2.75, 3.05) is 14.2 Å². The molecule has 1 amide bonds. The van der Waals surface area contributed by atoms with Gasteiger partial charge in [-0.1, -0.05) is 0 Å². The first-order valence-corrected chi connectivity index (χ1v) is 6.26. The molecule has 0 aromatic carbocycles. The Morgan fingerprint density at radius 3 is 2.05 bits per heavy atom. The third kappa shape index (κ3) is 7.34. The lowest BCUT2D eigenvalue weighted by molar-refractivity contribution is -0.134. The summed E-state index contributed by atoms with van der Waals surface area (Å²) in [6, 6.07) is -0.695. The number of carbonyl (C=O) groups excluding carboxylic acids is 1. The minimum atomic E-state index is -1.19. The largest absolute Gasteiger partial charge is 0.444 e. The molecule has 0 heterocycles. The molecule has 0 aliphatic heterocycles. The van der Waals surface area contributed by atoms with Crippen LogP contribution < -0.4 is 0 Å². The molecular formula is C13H27NO5. The number of amides is 1. The molecule has 0 fully saturated rings. The predicted octanol–water partition coefficient (Wildman–Crippen LogP) is 1.35. The fraction of sp³-hybridized carbons (Fsp3) is 0.923. The number of methoxy groups -OCH3 is 1. The van der Waals surface area contributed by atoms with Gasteiger partial charge in [-0.25, -0.2) is 4.79 Å². The van der Waals surface area contributed by atoms with E-state index >= 15 is 0 Å². The van der Waals surface area contributed by atoms with Crippen molar-refractivity contribution in [1.29, 1.82) is 0 Å². The van der Waals surface area contributed by atoms with Gasteiger partial charge in [0, 0.05) is 20.6 Å². The lowest BCUT2D eigenvalue weighted by atomic mass is 9.98. The average molecular weight is 277 g/mol. The predicted molar refractivity (Wildman–Crippen MR) is 71.7 cm³/mol. The Morgan fingerprint density at radius 1 is 1.26 bits per heavy atom. The van der Waals surface area contributed by atoms with Crippen LogP contribution in [-0.2, 0) is 9.47 Å². The van der Waals surface area contributed by atoms with Gasteiger partial charge in [0.2, 0.25) is 0 Å². The normalized spacial score (nSPS) is 15.8. The lowest BCUT2D eigenvalue weighted by Gasteiger charge is -2.35. The SMILES string of the molecule is COC(O)[C@H](CC(C)(C)O)N(C)C(=O)OC(C)(C)C. The number of likely N-dealkylation sites (N-methyl/N-ethyl adjacent to an activating group) is 1. The molecule has 0 rings (SSSR count). The summed E-state index contributed by atoms with van der Waals surface area (Å²) in [5, 5.41) is 19.7. The first-order valence-electron chi connectivity index (χ1n) is 6.26. The lowest BCUT2D eigenvalue weighted by Crippen LogP contribution is -2.50. The zero-order valence-corrected chi connectivity index (χ0v) is 12.9. The number of ether oxygens (including phenoxy) is 2. The smallest absolute Gasteiger partial charge is 0.410 e. The van der Waals surface area contributed by atoms with Crippen molar-refractivity contribution in [2.45, 2.75) is 64.6 Å². The van der Waals surface area contributed by atoms with Crippen molar-refractivity contribution >= 4 is 6.09 Å². The van der Waals surface area contributed by atoms with Gasteiger partial charge in [0.1, 0.15) is 5.60 Å². The van der Waals surface area contributed by atoms with Crippen molar-refractivity contribution in [3.05, 3.63) is 0 Å². The highest BCUT2D eigenvalue weighted by atomic mass is 16.6. The molecule has 6 nitrogen and oxygen atoms in total. The number of aliphatic hydroxyl groups is 2. The highest BCUT2D eigenvalue weighted by molar-refractivity contribution is 5.68. The molecule has 0 aromatic rings. The van der Waals surface area contributed by atoms with Crippen molar-refractivity contribution < 1.29 is 24.5 Å². The second kappa shape index (κ2) is 6.54. The second-order valence-corrected chi connectivity index (χ2v) is 6.30. The number of aliphatic hydroxyl groups excluding tert-OH is 1. The molecule has 0 bridgehead atoms. The van der Waals surface area contributed by atoms with E-state index in [2.05, 4.69) is 0 Å². The topological polar surface area (TPSA) is 79.2 Å². The molecule has 0 radical (unpaired) electrons. The Bertz CT molecular complexity index is 292. The van der Waals surface area contributed by atoms with Crippen LogP contribution in [0, 0.1) is 0 Å². The van der Waals surface area contributed by atoms with E-state index in [1.165, 1.54) is 19.1 Å². The molecule has 0 saturated heterocycles. The first-order chi connectivity index (χ1) is 8.37. The Kier molecular flexibility index (Phi) is 6.25. The third-order valence-electron chi connectivity index (χ3n) is 2.46. The Morgan fingerprint density at radius 2 is 1.74 bits per heavy atom. The van der Waals surface area contributed by atoms with Gasteiger partial charge in [0.25, 0.3) is 0 Å². The molecule has 0 aliphatic carbocycles. The van der Waals surface area contributed by atoms with Crippen LogP contribution in [0.15, 0.2) is 0 Å². The molecule has 2 N–H and O–H groups in total. The molecule has 6 heteroatoms. The summed E-state index contributed by atoms with van der Waals surface area (Å²) in [5.41, 5.74) is -1.66. The summed E-state index contributed by atoms with van der Waals surface area (Å²) >= 11 is 0. The second-order valence-electron chi connectivity index (χ2n) is 6.30. The molecule has 0 saturated carbocycles. The Balaban J connectivity index is 4.90. The molecule has 0 spiro atoms. The molecule has 1 unspecified atom stereocenters. The van der Waals surface area contributed by atoms with Gasteiger partial charge in [0.15, 0.2) is 6.29 Å². The molecule has 19 heavy (non-hydrogen) atoms. The van der Waals surface area contributed by atoms with Crippen molar-refractivity contribution in [3.63, 3.8) is 0 Å². The zero-order valence-electron chi connectivity index (χ0n) is 12.9. The Labute approximate surface area is 115 Å². The van der Waals surface area contributed by atoms with Crippen LogP contribution >= 0.6 is 0 Å². The van der Waals surface area contributed by atoms with E-state index in [-0.39, 0.29) is 6.42 Å². The molecule has 2 atom stereocenters. The van der Waals surface area contributed by atoms with Gasteiger partial charge < -0.3 is 24.6 Å². The summed E-state index contributed by atoms with van der Waals surface area (Å²) in [5.74, 6) is 0. The van der Waals surface area contributed by atoms with Gasteiger partial charge in [0.05, 0.1) is 11.6 Å². The highest BCUT2D eigenvalue weighted by Crippen LogP contribution is 2.20. The third-order valence-corrected chi connectivity index (χ3v) is 2.46. The molecule has 114 valence electrons. The Hall–Kier alpha value is -0.850. The summed E-state index contributed by atoms with van der Waals surface area (Å²) in [7, 11) is 2.84. The number of carbonyl (C=O) groups is 1. The number of nitrogens with zero attached hydrogens (tertiary/aromatic N) is 1. The van der Waals surface area contributed by atoms with E-state index in [1.807, 2.05) is 0 Å². The van der Waals surface area contributed by atoms with Crippen LogP contribution in [0.25, 0.3) is 0 Å². The average Bonchev–Trinajstić information content (AvgIpc) is 2.20. The fourth-order valence-electron chi connectivity index (χ4n) is 1.57.